The fourth-order valence-corrected chi connectivity index (χ4v) is 4.70. The molecule has 1 fully saturated rings. The number of rotatable bonds is 2. The third-order valence-corrected chi connectivity index (χ3v) is 6.27. The van der Waals surface area contributed by atoms with E-state index in [1.807, 2.05) is 26.8 Å². The zero-order chi connectivity index (χ0) is 21.2. The van der Waals surface area contributed by atoms with Crippen LogP contribution >= 0.6 is 11.6 Å². The smallest absolute Gasteiger partial charge is 0.336 e. The van der Waals surface area contributed by atoms with Crippen LogP contribution in [0.4, 0.5) is 0 Å². The molecule has 1 aromatic carbocycles. The first kappa shape index (κ1) is 19.6. The molecule has 4 rings (SSSR count). The van der Waals surface area contributed by atoms with Gasteiger partial charge in [-0.2, -0.15) is 5.26 Å². The van der Waals surface area contributed by atoms with Crippen molar-refractivity contribution in [3.05, 3.63) is 44.5 Å². The number of fused-ring (bicyclic) bond motifs is 5. The summed E-state index contributed by atoms with van der Waals surface area (Å²) in [7, 11) is 0. The van der Waals surface area contributed by atoms with Gasteiger partial charge in [-0.15, -0.1) is 0 Å². The highest BCUT2D eigenvalue weighted by Gasteiger charge is 2.49. The van der Waals surface area contributed by atoms with Crippen molar-refractivity contribution < 1.29 is 9.90 Å². The normalized spacial score (nSPS) is 20.1. The Morgan fingerprint density at radius 2 is 2.07 bits per heavy atom. The number of amides is 1. The van der Waals surface area contributed by atoms with Gasteiger partial charge in [-0.05, 0) is 36.5 Å². The summed E-state index contributed by atoms with van der Waals surface area (Å²) in [6.07, 6.45) is 1.05. The Morgan fingerprint density at radius 3 is 2.69 bits per heavy atom. The van der Waals surface area contributed by atoms with Crippen molar-refractivity contribution in [2.45, 2.75) is 52.6 Å². The second-order valence-corrected chi connectivity index (χ2v) is 9.45. The maximum absolute atomic E-state index is 13.1. The summed E-state index contributed by atoms with van der Waals surface area (Å²) in [5.74, 6) is -0.131. The summed E-state index contributed by atoms with van der Waals surface area (Å²) in [5.41, 5.74) is 1.28. The largest absolute Gasteiger partial charge is 0.493 e. The van der Waals surface area contributed by atoms with Crippen LogP contribution in [0.15, 0.2) is 16.9 Å². The molecule has 8 heteroatoms. The zero-order valence-corrected chi connectivity index (χ0v) is 17.6. The average molecular weight is 415 g/mol. The van der Waals surface area contributed by atoms with Crippen molar-refractivity contribution in [1.29, 1.82) is 5.26 Å². The van der Waals surface area contributed by atoms with Crippen LogP contribution in [0.2, 0.25) is 5.02 Å². The number of carbonyl (C=O) groups excluding carboxylic acids is 1. The zero-order valence-electron chi connectivity index (χ0n) is 16.9. The number of nitrogens with zero attached hydrogens (tertiary/aromatic N) is 4. The summed E-state index contributed by atoms with van der Waals surface area (Å²) in [6, 6.07) is 4.71. The van der Waals surface area contributed by atoms with Crippen LogP contribution in [-0.2, 0) is 4.79 Å². The van der Waals surface area contributed by atoms with E-state index in [2.05, 4.69) is 0 Å². The highest BCUT2D eigenvalue weighted by atomic mass is 35.5. The van der Waals surface area contributed by atoms with Crippen LogP contribution in [0.25, 0.3) is 5.69 Å². The van der Waals surface area contributed by atoms with Gasteiger partial charge in [-0.3, -0.25) is 9.36 Å². The lowest BCUT2D eigenvalue weighted by Gasteiger charge is -2.30. The van der Waals surface area contributed by atoms with E-state index in [0.29, 0.717) is 41.9 Å². The number of carbonyl (C=O) groups is 1. The molecule has 29 heavy (non-hydrogen) atoms. The van der Waals surface area contributed by atoms with Gasteiger partial charge in [-0.25, -0.2) is 9.36 Å². The monoisotopic (exact) mass is 414 g/mol. The predicted octanol–water partition coefficient (Wildman–Crippen LogP) is 3.44. The first-order chi connectivity index (χ1) is 13.5. The van der Waals surface area contributed by atoms with E-state index in [1.165, 1.54) is 10.6 Å². The summed E-state index contributed by atoms with van der Waals surface area (Å²) in [5, 5.41) is 20.4. The third kappa shape index (κ3) is 2.85. The minimum atomic E-state index is -0.350. The van der Waals surface area contributed by atoms with Crippen molar-refractivity contribution in [1.82, 2.24) is 14.0 Å². The van der Waals surface area contributed by atoms with E-state index in [-0.39, 0.29) is 40.0 Å². The molecule has 2 bridgehead atoms. The molecular formula is C21H23ClN4O3. The number of likely N-dealkylation sites (tertiary alicyclic amines) is 1. The molecule has 1 N–H and O–H groups in total. The van der Waals surface area contributed by atoms with E-state index in [4.69, 9.17) is 16.9 Å². The van der Waals surface area contributed by atoms with E-state index >= 15 is 0 Å². The van der Waals surface area contributed by atoms with Gasteiger partial charge in [0.2, 0.25) is 11.8 Å². The van der Waals surface area contributed by atoms with E-state index in [0.717, 1.165) is 0 Å². The molecule has 2 aromatic rings. The molecule has 152 valence electrons. The Kier molecular flexibility index (Phi) is 4.32. The van der Waals surface area contributed by atoms with E-state index in [1.54, 1.807) is 22.5 Å². The quantitative estimate of drug-likeness (QED) is 0.814. The molecule has 1 amide bonds. The van der Waals surface area contributed by atoms with Crippen molar-refractivity contribution in [3.63, 3.8) is 0 Å². The fraction of sp³-hybridized carbons (Fsp3) is 0.476. The van der Waals surface area contributed by atoms with Crippen molar-refractivity contribution in [2.75, 3.05) is 6.54 Å². The number of aromatic nitrogens is 2. The first-order valence-corrected chi connectivity index (χ1v) is 9.98. The van der Waals surface area contributed by atoms with Gasteiger partial charge in [0.15, 0.2) is 0 Å². The van der Waals surface area contributed by atoms with Crippen LogP contribution in [0.1, 0.15) is 62.5 Å². The molecule has 2 atom stereocenters. The molecule has 0 spiro atoms. The minimum absolute atomic E-state index is 0.0356. The standard InChI is InChI=1S/C21H23ClN4O3/c1-11-14(6-5-12(9-23)17(11)22)26-19(28)18-15-7-13(25(18)20(26)29)10-24(15)16(27)8-21(2,3)4/h5-6,13,15,28H,7-8,10H2,1-4H3/t13-,15-/m0/s1. The third-order valence-electron chi connectivity index (χ3n) is 5.78. The van der Waals surface area contributed by atoms with Crippen molar-refractivity contribution in [3.8, 4) is 17.6 Å². The maximum atomic E-state index is 13.1. The van der Waals surface area contributed by atoms with Gasteiger partial charge in [0.1, 0.15) is 11.8 Å². The Balaban J connectivity index is 1.79. The van der Waals surface area contributed by atoms with Crippen molar-refractivity contribution in [2.24, 2.45) is 5.41 Å². The minimum Gasteiger partial charge on any atom is -0.493 e. The molecule has 0 saturated carbocycles. The number of halogens is 1. The highest BCUT2D eigenvalue weighted by Crippen LogP contribution is 2.49. The lowest BCUT2D eigenvalue weighted by atomic mass is 9.91. The number of hydrogen-bond acceptors (Lipinski definition) is 4. The summed E-state index contributed by atoms with van der Waals surface area (Å²) in [6.45, 7) is 8.23. The number of hydrogen-bond donors (Lipinski definition) is 1. The van der Waals surface area contributed by atoms with Gasteiger partial charge in [0.25, 0.3) is 0 Å². The van der Waals surface area contributed by atoms with Crippen molar-refractivity contribution >= 4 is 17.5 Å². The van der Waals surface area contributed by atoms with E-state index in [9.17, 15) is 14.7 Å². The van der Waals surface area contributed by atoms with Gasteiger partial charge in [-0.1, -0.05) is 32.4 Å². The van der Waals surface area contributed by atoms with Crippen LogP contribution < -0.4 is 5.69 Å². The lowest BCUT2D eigenvalue weighted by molar-refractivity contribution is -0.134. The molecule has 2 aliphatic heterocycles. The van der Waals surface area contributed by atoms with Gasteiger partial charge in [0, 0.05) is 13.0 Å². The molecule has 1 saturated heterocycles. The molecule has 1 aromatic heterocycles. The van der Waals surface area contributed by atoms with E-state index < -0.39 is 0 Å². The molecule has 7 nitrogen and oxygen atoms in total. The SMILES string of the molecule is Cc1c(-n2c(O)c3n(c2=O)[C@H]2C[C@@H]3N(C(=O)CC(C)(C)C)C2)ccc(C#N)c1Cl. The second-order valence-electron chi connectivity index (χ2n) is 9.07. The maximum Gasteiger partial charge on any atom is 0.336 e. The van der Waals surface area contributed by atoms with Gasteiger partial charge >= 0.3 is 5.69 Å². The lowest BCUT2D eigenvalue weighted by Crippen LogP contribution is -2.39. The Hall–Kier alpha value is -2.72. The van der Waals surface area contributed by atoms with Gasteiger partial charge < -0.3 is 10.0 Å². The second kappa shape index (κ2) is 6.39. The molecule has 3 heterocycles. The van der Waals surface area contributed by atoms with Crippen LogP contribution in [0.3, 0.4) is 0 Å². The molecule has 2 aliphatic rings. The van der Waals surface area contributed by atoms with Crippen LogP contribution in [-0.4, -0.2) is 31.6 Å². The topological polar surface area (TPSA) is 91.3 Å². The molecule has 0 radical (unpaired) electrons. The Labute approximate surface area is 173 Å². The highest BCUT2D eigenvalue weighted by molar-refractivity contribution is 6.32. The summed E-state index contributed by atoms with van der Waals surface area (Å²) < 4.78 is 2.83. The Morgan fingerprint density at radius 1 is 1.38 bits per heavy atom. The summed E-state index contributed by atoms with van der Waals surface area (Å²) in [4.78, 5) is 27.7. The molecule has 0 unspecified atom stereocenters. The predicted molar refractivity (Wildman–Crippen MR) is 108 cm³/mol. The fourth-order valence-electron chi connectivity index (χ4n) is 4.50. The first-order valence-electron chi connectivity index (χ1n) is 9.60. The molecular weight excluding hydrogens is 392 g/mol. The Bertz CT molecular complexity index is 1130. The number of imidazole rings is 1. The average Bonchev–Trinajstić information content (AvgIpc) is 3.28. The van der Waals surface area contributed by atoms with Gasteiger partial charge in [0.05, 0.1) is 28.4 Å². The summed E-state index contributed by atoms with van der Waals surface area (Å²) >= 11 is 6.26. The van der Waals surface area contributed by atoms with Crippen LogP contribution in [0, 0.1) is 23.7 Å². The number of benzene rings is 1. The number of aromatic hydroxyl groups is 1. The number of nitriles is 1. The molecule has 0 aliphatic carbocycles. The van der Waals surface area contributed by atoms with Crippen LogP contribution in [0.5, 0.6) is 5.88 Å².